The van der Waals surface area contributed by atoms with Gasteiger partial charge in [0.25, 0.3) is 0 Å². The number of carbonyl (C=O) groups excluding carboxylic acids is 2. The molecule has 11 nitrogen and oxygen atoms in total. The topological polar surface area (TPSA) is 152 Å². The molecule has 4 N–H and O–H groups in total. The number of carboxylic acids is 1. The highest BCUT2D eigenvalue weighted by molar-refractivity contribution is 8.03. The lowest BCUT2D eigenvalue weighted by Gasteiger charge is -2.46. The van der Waals surface area contributed by atoms with Crippen LogP contribution in [0.3, 0.4) is 0 Å². The molecule has 0 aromatic rings. The number of aliphatic hydroxyl groups is 1. The molecule has 2 amide bonds. The van der Waals surface area contributed by atoms with Crippen molar-refractivity contribution in [3.8, 4) is 0 Å². The van der Waals surface area contributed by atoms with E-state index < -0.39 is 24.0 Å². The number of thioether (sulfide) groups is 1. The molecule has 0 aromatic carbocycles. The van der Waals surface area contributed by atoms with Crippen molar-refractivity contribution in [2.75, 3.05) is 32.7 Å². The van der Waals surface area contributed by atoms with Crippen LogP contribution in [0.5, 0.6) is 0 Å². The van der Waals surface area contributed by atoms with Crippen LogP contribution in [-0.4, -0.2) is 116 Å². The van der Waals surface area contributed by atoms with E-state index in [2.05, 4.69) is 0 Å². The maximum Gasteiger partial charge on any atom is 0.353 e. The van der Waals surface area contributed by atoms with Crippen molar-refractivity contribution in [2.24, 2.45) is 11.8 Å². The van der Waals surface area contributed by atoms with Crippen LogP contribution in [0.4, 0.5) is 0 Å². The normalized spacial score (nSPS) is 32.3. The fourth-order valence-electron chi connectivity index (χ4n) is 5.65. The van der Waals surface area contributed by atoms with Crippen molar-refractivity contribution in [1.82, 2.24) is 19.6 Å². The molecule has 4 heterocycles. The maximum atomic E-state index is 13.3. The molecule has 12 heteroatoms. The number of β-lactam (4-membered cyclic amide) rings is 1. The lowest BCUT2D eigenvalue weighted by atomic mass is 9.79. The third-order valence-electron chi connectivity index (χ3n) is 7.38. The molecule has 3 fully saturated rings. The Labute approximate surface area is 202 Å². The Morgan fingerprint density at radius 2 is 1.91 bits per heavy atom. The Bertz CT molecular complexity index is 925. The smallest absolute Gasteiger partial charge is 0.353 e. The van der Waals surface area contributed by atoms with Gasteiger partial charge in [0.2, 0.25) is 11.8 Å². The summed E-state index contributed by atoms with van der Waals surface area (Å²) in [4.78, 5) is 45.3. The van der Waals surface area contributed by atoms with Gasteiger partial charge in [-0.1, -0.05) is 6.92 Å². The molecule has 4 aliphatic heterocycles. The summed E-state index contributed by atoms with van der Waals surface area (Å²) in [6, 6.07) is -0.858. The molecular formula is C22H32N6O5S. The van der Waals surface area contributed by atoms with Gasteiger partial charge in [-0.2, -0.15) is 0 Å². The molecule has 4 aliphatic rings. The second-order valence-corrected chi connectivity index (χ2v) is 10.8. The quantitative estimate of drug-likeness (QED) is 0.221. The van der Waals surface area contributed by atoms with Crippen LogP contribution in [-0.2, 0) is 14.4 Å². The van der Waals surface area contributed by atoms with E-state index in [1.165, 1.54) is 29.3 Å². The van der Waals surface area contributed by atoms with Gasteiger partial charge in [0.05, 0.1) is 30.7 Å². The van der Waals surface area contributed by atoms with Crippen LogP contribution in [0.1, 0.15) is 26.7 Å². The predicted molar refractivity (Wildman–Crippen MR) is 126 cm³/mol. The Balaban J connectivity index is 1.49. The maximum absolute atomic E-state index is 13.3. The number of nitrogens with zero attached hydrogens (tertiary/aromatic N) is 4. The number of amides is 2. The minimum absolute atomic E-state index is 0.0140. The van der Waals surface area contributed by atoms with Crippen LogP contribution in [0.2, 0.25) is 0 Å². The summed E-state index contributed by atoms with van der Waals surface area (Å²) in [5.74, 6) is -2.40. The Hall–Kier alpha value is -2.60. The molecule has 4 rings (SSSR count). The Morgan fingerprint density at radius 1 is 1.18 bits per heavy atom. The number of hydrogen-bond acceptors (Lipinski definition) is 7. The monoisotopic (exact) mass is 492 g/mol. The van der Waals surface area contributed by atoms with Crippen LogP contribution < -0.4 is 0 Å². The number of likely N-dealkylation sites (tertiary alicyclic amines) is 1. The van der Waals surface area contributed by atoms with Crippen LogP contribution in [0.15, 0.2) is 10.6 Å². The SMILES string of the molecule is CC(O)[C@H]1C(=O)N2C(C(=O)O)=C(S[C@H]3C[C@@H](C(=O)N4CCCN(C=N)CC4)N(C=N)C3)[C@H](C)[C@H]12. The van der Waals surface area contributed by atoms with Gasteiger partial charge in [0.15, 0.2) is 0 Å². The average Bonchev–Trinajstić information content (AvgIpc) is 3.19. The highest BCUT2D eigenvalue weighted by atomic mass is 32.2. The van der Waals surface area contributed by atoms with Crippen molar-refractivity contribution in [2.45, 2.75) is 50.1 Å². The van der Waals surface area contributed by atoms with Gasteiger partial charge in [-0.15, -0.1) is 11.8 Å². The van der Waals surface area contributed by atoms with Crippen LogP contribution in [0.25, 0.3) is 0 Å². The van der Waals surface area contributed by atoms with Gasteiger partial charge in [0, 0.05) is 48.8 Å². The third-order valence-corrected chi connectivity index (χ3v) is 8.88. The van der Waals surface area contributed by atoms with E-state index >= 15 is 0 Å². The predicted octanol–water partition coefficient (Wildman–Crippen LogP) is 0.0646. The number of rotatable bonds is 7. The number of aliphatic carboxylic acids is 1. The van der Waals surface area contributed by atoms with Crippen molar-refractivity contribution in [3.05, 3.63) is 10.6 Å². The highest BCUT2D eigenvalue weighted by Gasteiger charge is 2.60. The van der Waals surface area contributed by atoms with Gasteiger partial charge in [-0.3, -0.25) is 20.4 Å². The summed E-state index contributed by atoms with van der Waals surface area (Å²) in [5, 5.41) is 35.1. The zero-order chi connectivity index (χ0) is 24.7. The number of hydrogen-bond donors (Lipinski definition) is 4. The molecule has 0 spiro atoms. The van der Waals surface area contributed by atoms with Gasteiger partial charge in [0.1, 0.15) is 11.7 Å². The van der Waals surface area contributed by atoms with E-state index in [1.807, 2.05) is 11.8 Å². The second kappa shape index (κ2) is 9.57. The van der Waals surface area contributed by atoms with Crippen molar-refractivity contribution in [3.63, 3.8) is 0 Å². The fraction of sp³-hybridized carbons (Fsp3) is 0.682. The van der Waals surface area contributed by atoms with Gasteiger partial charge < -0.3 is 29.8 Å². The minimum Gasteiger partial charge on any atom is -0.477 e. The Morgan fingerprint density at radius 3 is 2.53 bits per heavy atom. The van der Waals surface area contributed by atoms with Gasteiger partial charge >= 0.3 is 5.97 Å². The van der Waals surface area contributed by atoms with E-state index in [4.69, 9.17) is 10.8 Å². The lowest BCUT2D eigenvalue weighted by molar-refractivity contribution is -0.163. The first-order valence-corrected chi connectivity index (χ1v) is 12.5. The van der Waals surface area contributed by atoms with Crippen molar-refractivity contribution in [1.29, 1.82) is 10.8 Å². The molecule has 186 valence electrons. The summed E-state index contributed by atoms with van der Waals surface area (Å²) >= 11 is 1.39. The van der Waals surface area contributed by atoms with E-state index in [1.54, 1.807) is 16.7 Å². The van der Waals surface area contributed by atoms with E-state index in [9.17, 15) is 24.6 Å². The lowest BCUT2D eigenvalue weighted by Crippen LogP contribution is -2.63. The fourth-order valence-corrected chi connectivity index (χ4v) is 7.18. The van der Waals surface area contributed by atoms with Gasteiger partial charge in [-0.05, 0) is 19.8 Å². The molecule has 3 saturated heterocycles. The second-order valence-electron chi connectivity index (χ2n) is 9.43. The molecular weight excluding hydrogens is 460 g/mol. The molecule has 6 atom stereocenters. The number of nitrogens with one attached hydrogen (secondary N) is 2. The van der Waals surface area contributed by atoms with Crippen molar-refractivity contribution >= 4 is 42.2 Å². The number of fused-ring (bicyclic) bond motifs is 1. The number of carbonyl (C=O) groups is 3. The molecule has 1 unspecified atom stereocenters. The molecule has 0 aliphatic carbocycles. The minimum atomic E-state index is -1.16. The van der Waals surface area contributed by atoms with Gasteiger partial charge in [-0.25, -0.2) is 4.79 Å². The standard InChI is InChI=1S/C22H32N6O5S/c1-12-17-16(13(2)29)21(31)28(17)18(22(32)33)19(12)34-14-8-15(27(9-14)11-24)20(30)26-5-3-4-25(10-23)6-7-26/h10-17,23-24,29H,3-9H2,1-2H3,(H,32,33)/t12-,13?,14+,15+,16-,17-/m1/s1. The summed E-state index contributed by atoms with van der Waals surface area (Å²) < 4.78 is 0. The summed E-state index contributed by atoms with van der Waals surface area (Å²) in [6.07, 6.45) is 2.88. The van der Waals surface area contributed by atoms with Crippen LogP contribution >= 0.6 is 11.8 Å². The average molecular weight is 493 g/mol. The molecule has 0 aromatic heterocycles. The largest absolute Gasteiger partial charge is 0.477 e. The molecule has 0 bridgehead atoms. The van der Waals surface area contributed by atoms with Crippen molar-refractivity contribution < 1.29 is 24.6 Å². The van der Waals surface area contributed by atoms with E-state index in [-0.39, 0.29) is 34.7 Å². The Kier molecular flexibility index (Phi) is 6.90. The molecule has 0 radical (unpaired) electrons. The van der Waals surface area contributed by atoms with Crippen LogP contribution in [0, 0.1) is 22.7 Å². The third kappa shape index (κ3) is 4.06. The van der Waals surface area contributed by atoms with E-state index in [0.717, 1.165) is 13.0 Å². The summed E-state index contributed by atoms with van der Waals surface area (Å²) in [5.41, 5.74) is -0.0140. The zero-order valence-corrected chi connectivity index (χ0v) is 20.2. The zero-order valence-electron chi connectivity index (χ0n) is 19.4. The highest BCUT2D eigenvalue weighted by Crippen LogP contribution is 2.52. The first-order chi connectivity index (χ1) is 16.2. The summed E-state index contributed by atoms with van der Waals surface area (Å²) in [7, 11) is 0. The first kappa shape index (κ1) is 24.5. The first-order valence-electron chi connectivity index (χ1n) is 11.6. The molecule has 34 heavy (non-hydrogen) atoms. The number of carboxylic acid groups (broad SMARTS) is 1. The van der Waals surface area contributed by atoms with E-state index in [0.29, 0.717) is 37.5 Å². The molecule has 0 saturated carbocycles. The summed E-state index contributed by atoms with van der Waals surface area (Å²) in [6.45, 7) is 6.35. The number of aliphatic hydroxyl groups excluding tert-OH is 1.